The fourth-order valence-electron chi connectivity index (χ4n) is 3.38. The largest absolute Gasteiger partial charge is 0.352 e. The van der Waals surface area contributed by atoms with Gasteiger partial charge in [-0.2, -0.15) is 0 Å². The number of hydrogen-bond donors (Lipinski definition) is 3. The number of rotatable bonds is 4. The van der Waals surface area contributed by atoms with Gasteiger partial charge in [0.1, 0.15) is 0 Å². The van der Waals surface area contributed by atoms with Gasteiger partial charge in [0.05, 0.1) is 5.92 Å². The molecule has 2 aliphatic rings. The first-order valence-corrected chi connectivity index (χ1v) is 8.78. The summed E-state index contributed by atoms with van der Waals surface area (Å²) in [6.07, 6.45) is 2.35. The molecular formula is C17H23ClN4O2. The molecule has 130 valence electrons. The van der Waals surface area contributed by atoms with E-state index in [-0.39, 0.29) is 23.8 Å². The van der Waals surface area contributed by atoms with E-state index in [0.29, 0.717) is 24.5 Å². The van der Waals surface area contributed by atoms with Crippen LogP contribution in [0, 0.1) is 5.92 Å². The molecule has 2 amide bonds. The predicted molar refractivity (Wildman–Crippen MR) is 92.1 cm³/mol. The summed E-state index contributed by atoms with van der Waals surface area (Å²) in [6.45, 7) is 2.81. The molecule has 2 atom stereocenters. The van der Waals surface area contributed by atoms with Crippen molar-refractivity contribution in [3.05, 3.63) is 34.9 Å². The Morgan fingerprint density at radius 1 is 1.38 bits per heavy atom. The molecule has 6 nitrogen and oxygen atoms in total. The number of likely N-dealkylation sites (tertiary alicyclic amines) is 1. The molecule has 0 saturated carbocycles. The average molecular weight is 351 g/mol. The van der Waals surface area contributed by atoms with E-state index >= 15 is 0 Å². The van der Waals surface area contributed by atoms with Gasteiger partial charge in [-0.1, -0.05) is 29.8 Å². The first-order chi connectivity index (χ1) is 11.6. The minimum Gasteiger partial charge on any atom is -0.352 e. The van der Waals surface area contributed by atoms with Crippen LogP contribution in [0.4, 0.5) is 0 Å². The van der Waals surface area contributed by atoms with Gasteiger partial charge in [-0.3, -0.25) is 19.9 Å². The minimum absolute atomic E-state index is 0.0107. The van der Waals surface area contributed by atoms with Crippen molar-refractivity contribution in [1.29, 1.82) is 0 Å². The number of nitrogens with one attached hydrogen (secondary N) is 3. The van der Waals surface area contributed by atoms with Crippen LogP contribution in [0.25, 0.3) is 0 Å². The lowest BCUT2D eigenvalue weighted by atomic mass is 9.94. The van der Waals surface area contributed by atoms with Gasteiger partial charge < -0.3 is 5.32 Å². The van der Waals surface area contributed by atoms with Crippen LogP contribution in [0.5, 0.6) is 0 Å². The van der Waals surface area contributed by atoms with Crippen molar-refractivity contribution in [2.75, 3.05) is 19.6 Å². The monoisotopic (exact) mass is 350 g/mol. The van der Waals surface area contributed by atoms with E-state index in [1.807, 2.05) is 24.3 Å². The fraction of sp³-hybridized carbons (Fsp3) is 0.529. The van der Waals surface area contributed by atoms with Gasteiger partial charge in [0.2, 0.25) is 11.8 Å². The minimum atomic E-state index is -0.0359. The lowest BCUT2D eigenvalue weighted by molar-refractivity contribution is -0.128. The van der Waals surface area contributed by atoms with Gasteiger partial charge in [-0.15, -0.1) is 0 Å². The summed E-state index contributed by atoms with van der Waals surface area (Å²) in [6, 6.07) is 7.70. The molecule has 3 N–H and O–H groups in total. The van der Waals surface area contributed by atoms with Crippen molar-refractivity contribution in [2.45, 2.75) is 31.8 Å². The maximum absolute atomic E-state index is 12.5. The fourth-order valence-corrected chi connectivity index (χ4v) is 3.59. The smallest absolute Gasteiger partial charge is 0.235 e. The van der Waals surface area contributed by atoms with Crippen LogP contribution in [0.2, 0.25) is 5.02 Å². The van der Waals surface area contributed by atoms with E-state index in [9.17, 15) is 9.59 Å². The average Bonchev–Trinajstić information content (AvgIpc) is 2.61. The van der Waals surface area contributed by atoms with Crippen LogP contribution in [-0.2, 0) is 16.1 Å². The summed E-state index contributed by atoms with van der Waals surface area (Å²) in [4.78, 5) is 26.3. The lowest BCUT2D eigenvalue weighted by Crippen LogP contribution is -2.57. The van der Waals surface area contributed by atoms with Gasteiger partial charge in [0, 0.05) is 37.1 Å². The van der Waals surface area contributed by atoms with Gasteiger partial charge in [0.15, 0.2) is 0 Å². The molecule has 7 heteroatoms. The molecule has 3 rings (SSSR count). The molecule has 1 aromatic carbocycles. The van der Waals surface area contributed by atoms with Crippen LogP contribution >= 0.6 is 11.6 Å². The summed E-state index contributed by atoms with van der Waals surface area (Å²) in [5, 5.41) is 3.67. The molecule has 0 radical (unpaired) electrons. The molecular weight excluding hydrogens is 328 g/mol. The number of carbonyl (C=O) groups is 2. The zero-order valence-electron chi connectivity index (χ0n) is 13.6. The van der Waals surface area contributed by atoms with Gasteiger partial charge in [-0.25, -0.2) is 5.43 Å². The van der Waals surface area contributed by atoms with E-state index in [0.717, 1.165) is 31.5 Å². The summed E-state index contributed by atoms with van der Waals surface area (Å²) in [5.41, 5.74) is 6.47. The molecule has 2 aliphatic heterocycles. The van der Waals surface area contributed by atoms with Crippen molar-refractivity contribution in [2.24, 2.45) is 5.92 Å². The normalized spacial score (nSPS) is 25.1. The SMILES string of the molecule is O=C1CC(N2CCCC(C(=O)NCc3ccccc3Cl)C2)CNN1. The zero-order chi connectivity index (χ0) is 16.9. The van der Waals surface area contributed by atoms with Crippen LogP contribution in [0.3, 0.4) is 0 Å². The van der Waals surface area contributed by atoms with Crippen LogP contribution in [-0.4, -0.2) is 42.4 Å². The topological polar surface area (TPSA) is 73.5 Å². The maximum Gasteiger partial charge on any atom is 0.235 e. The Morgan fingerprint density at radius 3 is 3.00 bits per heavy atom. The molecule has 1 aromatic rings. The molecule has 0 aromatic heterocycles. The highest BCUT2D eigenvalue weighted by atomic mass is 35.5. The number of nitrogens with zero attached hydrogens (tertiary/aromatic N) is 1. The second-order valence-electron chi connectivity index (χ2n) is 6.43. The molecule has 0 aliphatic carbocycles. The maximum atomic E-state index is 12.5. The van der Waals surface area contributed by atoms with E-state index in [1.54, 1.807) is 0 Å². The zero-order valence-corrected chi connectivity index (χ0v) is 14.3. The third-order valence-electron chi connectivity index (χ3n) is 4.74. The standard InChI is InChI=1S/C17H23ClN4O2/c18-15-6-2-1-4-12(15)9-19-17(24)13-5-3-7-22(11-13)14-8-16(23)21-20-10-14/h1-2,4,6,13-14,20H,3,5,7-11H2,(H,19,24)(H,21,23). The third-order valence-corrected chi connectivity index (χ3v) is 5.11. The molecule has 2 heterocycles. The number of benzene rings is 1. The molecule has 24 heavy (non-hydrogen) atoms. The summed E-state index contributed by atoms with van der Waals surface area (Å²) >= 11 is 6.13. The molecule has 0 bridgehead atoms. The van der Waals surface area contributed by atoms with Gasteiger partial charge in [0.25, 0.3) is 0 Å². The summed E-state index contributed by atoms with van der Waals surface area (Å²) in [5.74, 6) is 0.0376. The first-order valence-electron chi connectivity index (χ1n) is 8.40. The molecule has 2 fully saturated rings. The van der Waals surface area contributed by atoms with Crippen molar-refractivity contribution < 1.29 is 9.59 Å². The van der Waals surface area contributed by atoms with Crippen molar-refractivity contribution in [1.82, 2.24) is 21.1 Å². The first kappa shape index (κ1) is 17.2. The van der Waals surface area contributed by atoms with Crippen LogP contribution in [0.15, 0.2) is 24.3 Å². The second-order valence-corrected chi connectivity index (χ2v) is 6.84. The highest BCUT2D eigenvalue weighted by Gasteiger charge is 2.32. The van der Waals surface area contributed by atoms with E-state index < -0.39 is 0 Å². The number of hydrazine groups is 1. The highest BCUT2D eigenvalue weighted by molar-refractivity contribution is 6.31. The van der Waals surface area contributed by atoms with Crippen LogP contribution in [0.1, 0.15) is 24.8 Å². The third kappa shape index (κ3) is 4.26. The van der Waals surface area contributed by atoms with Crippen molar-refractivity contribution in [3.63, 3.8) is 0 Å². The number of hydrogen-bond acceptors (Lipinski definition) is 4. The van der Waals surface area contributed by atoms with E-state index in [4.69, 9.17) is 11.6 Å². The van der Waals surface area contributed by atoms with Crippen molar-refractivity contribution >= 4 is 23.4 Å². The molecule has 2 saturated heterocycles. The van der Waals surface area contributed by atoms with Crippen molar-refractivity contribution in [3.8, 4) is 0 Å². The Bertz CT molecular complexity index is 610. The van der Waals surface area contributed by atoms with E-state index in [2.05, 4.69) is 21.1 Å². The summed E-state index contributed by atoms with van der Waals surface area (Å²) in [7, 11) is 0. The highest BCUT2D eigenvalue weighted by Crippen LogP contribution is 2.21. The number of halogens is 1. The number of piperidine rings is 1. The Balaban J connectivity index is 1.53. The Kier molecular flexibility index (Phi) is 5.71. The Labute approximate surface area is 146 Å². The van der Waals surface area contributed by atoms with Gasteiger partial charge >= 0.3 is 0 Å². The number of amides is 2. The summed E-state index contributed by atoms with van der Waals surface area (Å²) < 4.78 is 0. The second kappa shape index (κ2) is 7.96. The Hall–Kier alpha value is -1.63. The number of carbonyl (C=O) groups excluding carboxylic acids is 2. The van der Waals surface area contributed by atoms with Crippen LogP contribution < -0.4 is 16.2 Å². The lowest BCUT2D eigenvalue weighted by Gasteiger charge is -2.39. The van der Waals surface area contributed by atoms with Gasteiger partial charge in [-0.05, 0) is 31.0 Å². The quantitative estimate of drug-likeness (QED) is 0.759. The Morgan fingerprint density at radius 2 is 2.21 bits per heavy atom. The molecule has 0 spiro atoms. The predicted octanol–water partition coefficient (Wildman–Crippen LogP) is 1.06. The van der Waals surface area contributed by atoms with E-state index in [1.165, 1.54) is 0 Å². The molecule has 2 unspecified atom stereocenters.